The Hall–Kier alpha value is -2.08. The van der Waals surface area contributed by atoms with Crippen molar-refractivity contribution < 1.29 is 28.0 Å². The Balaban J connectivity index is 2.05. The Kier molecular flexibility index (Phi) is 6.64. The average molecular weight is 387 g/mol. The zero-order chi connectivity index (χ0) is 19.3. The smallest absolute Gasteiger partial charge is 0.318 e. The van der Waals surface area contributed by atoms with E-state index in [-0.39, 0.29) is 12.2 Å². The fourth-order valence-corrected chi connectivity index (χ4v) is 3.58. The van der Waals surface area contributed by atoms with Crippen LogP contribution < -0.4 is 0 Å². The quantitative estimate of drug-likeness (QED) is 0.492. The van der Waals surface area contributed by atoms with Crippen molar-refractivity contribution in [3.8, 4) is 0 Å². The molecule has 1 fully saturated rings. The molecule has 0 aliphatic carbocycles. The van der Waals surface area contributed by atoms with Gasteiger partial charge in [-0.15, -0.1) is 0 Å². The SMILES string of the molecule is CS(=O)(=O)N(CC(=O)O)CC1CN(Cc2ccccc2[N+](=O)[O-])CCO1. The third kappa shape index (κ3) is 5.73. The number of carboxylic acids is 1. The van der Waals surface area contributed by atoms with Gasteiger partial charge in [0.25, 0.3) is 5.69 Å². The monoisotopic (exact) mass is 387 g/mol. The van der Waals surface area contributed by atoms with Gasteiger partial charge in [-0.25, -0.2) is 8.42 Å². The molecular weight excluding hydrogens is 366 g/mol. The highest BCUT2D eigenvalue weighted by Gasteiger charge is 2.28. The molecule has 0 radical (unpaired) electrons. The highest BCUT2D eigenvalue weighted by atomic mass is 32.2. The number of ether oxygens (including phenoxy) is 1. The minimum absolute atomic E-state index is 0.0270. The van der Waals surface area contributed by atoms with Crippen LogP contribution in [0.25, 0.3) is 0 Å². The first-order valence-electron chi connectivity index (χ1n) is 7.90. The van der Waals surface area contributed by atoms with Gasteiger partial charge in [-0.2, -0.15) is 4.31 Å². The van der Waals surface area contributed by atoms with Gasteiger partial charge in [0.05, 0.1) is 23.9 Å². The maximum absolute atomic E-state index is 11.8. The molecule has 26 heavy (non-hydrogen) atoms. The summed E-state index contributed by atoms with van der Waals surface area (Å²) in [5.74, 6) is -1.25. The number of benzene rings is 1. The fraction of sp³-hybridized carbons (Fsp3) is 0.533. The summed E-state index contributed by atoms with van der Waals surface area (Å²) in [5.41, 5.74) is 0.586. The van der Waals surface area contributed by atoms with E-state index in [9.17, 15) is 23.3 Å². The van der Waals surface area contributed by atoms with Crippen molar-refractivity contribution in [3.63, 3.8) is 0 Å². The van der Waals surface area contributed by atoms with Crippen molar-refractivity contribution in [2.45, 2.75) is 12.6 Å². The molecule has 0 spiro atoms. The van der Waals surface area contributed by atoms with E-state index in [1.54, 1.807) is 18.2 Å². The van der Waals surface area contributed by atoms with Crippen molar-refractivity contribution >= 4 is 21.7 Å². The second kappa shape index (κ2) is 8.54. The van der Waals surface area contributed by atoms with Crippen LogP contribution in [0.3, 0.4) is 0 Å². The highest BCUT2D eigenvalue weighted by Crippen LogP contribution is 2.21. The first-order chi connectivity index (χ1) is 12.2. The summed E-state index contributed by atoms with van der Waals surface area (Å²) in [5, 5.41) is 20.0. The van der Waals surface area contributed by atoms with E-state index < -0.39 is 33.6 Å². The minimum atomic E-state index is -3.69. The third-order valence-corrected chi connectivity index (χ3v) is 5.21. The number of carbonyl (C=O) groups is 1. The topological polar surface area (TPSA) is 130 Å². The number of para-hydroxylation sites is 1. The molecule has 1 unspecified atom stereocenters. The van der Waals surface area contributed by atoms with Gasteiger partial charge in [0.1, 0.15) is 6.54 Å². The van der Waals surface area contributed by atoms with Crippen LogP contribution in [0.15, 0.2) is 24.3 Å². The summed E-state index contributed by atoms with van der Waals surface area (Å²) in [4.78, 5) is 23.5. The van der Waals surface area contributed by atoms with Crippen LogP contribution in [0.4, 0.5) is 5.69 Å². The standard InChI is InChI=1S/C15H21N3O7S/c1-26(23,24)17(11-15(19)20)10-13-9-16(6-7-25-13)8-12-4-2-3-5-14(12)18(21)22/h2-5,13H,6-11H2,1H3,(H,19,20). The van der Waals surface area contributed by atoms with Crippen LogP contribution in [0.5, 0.6) is 0 Å². The van der Waals surface area contributed by atoms with Gasteiger partial charge in [0.2, 0.25) is 10.0 Å². The van der Waals surface area contributed by atoms with Crippen LogP contribution in [0, 0.1) is 10.1 Å². The van der Waals surface area contributed by atoms with Gasteiger partial charge in [-0.1, -0.05) is 18.2 Å². The molecular formula is C15H21N3O7S. The fourth-order valence-electron chi connectivity index (χ4n) is 2.79. The van der Waals surface area contributed by atoms with Gasteiger partial charge < -0.3 is 9.84 Å². The van der Waals surface area contributed by atoms with Crippen LogP contribution in [-0.2, 0) is 26.1 Å². The number of nitro benzene ring substituents is 1. The van der Waals surface area contributed by atoms with Crippen LogP contribution >= 0.6 is 0 Å². The van der Waals surface area contributed by atoms with Crippen LogP contribution in [-0.4, -0.2) is 78.8 Å². The van der Waals surface area contributed by atoms with Crippen molar-refractivity contribution in [2.75, 3.05) is 39.0 Å². The number of sulfonamides is 1. The minimum Gasteiger partial charge on any atom is -0.480 e. The van der Waals surface area contributed by atoms with Gasteiger partial charge in [-0.3, -0.25) is 19.8 Å². The Morgan fingerprint density at radius 2 is 2.15 bits per heavy atom. The maximum atomic E-state index is 11.8. The van der Waals surface area contributed by atoms with Crippen molar-refractivity contribution in [1.82, 2.24) is 9.21 Å². The summed E-state index contributed by atoms with van der Waals surface area (Å²) in [6.45, 7) is 0.824. The van der Waals surface area contributed by atoms with E-state index in [4.69, 9.17) is 9.84 Å². The molecule has 1 saturated heterocycles. The van der Waals surface area contributed by atoms with E-state index in [0.717, 1.165) is 10.6 Å². The molecule has 2 rings (SSSR count). The molecule has 144 valence electrons. The molecule has 1 aliphatic heterocycles. The first kappa shape index (κ1) is 20.2. The third-order valence-electron chi connectivity index (χ3n) is 3.99. The number of morpholine rings is 1. The van der Waals surface area contributed by atoms with E-state index in [2.05, 4.69) is 0 Å². The van der Waals surface area contributed by atoms with E-state index in [1.165, 1.54) is 6.07 Å². The van der Waals surface area contributed by atoms with E-state index in [1.807, 2.05) is 4.90 Å². The lowest BCUT2D eigenvalue weighted by molar-refractivity contribution is -0.385. The molecule has 0 aromatic heterocycles. The van der Waals surface area contributed by atoms with Gasteiger partial charge in [0, 0.05) is 37.8 Å². The van der Waals surface area contributed by atoms with Gasteiger partial charge in [-0.05, 0) is 0 Å². The lowest BCUT2D eigenvalue weighted by Gasteiger charge is -2.34. The van der Waals surface area contributed by atoms with Gasteiger partial charge in [0.15, 0.2) is 0 Å². The molecule has 1 aromatic carbocycles. The van der Waals surface area contributed by atoms with E-state index >= 15 is 0 Å². The normalized spacial score (nSPS) is 18.8. The number of rotatable bonds is 8. The molecule has 1 aromatic rings. The first-order valence-corrected chi connectivity index (χ1v) is 9.75. The van der Waals surface area contributed by atoms with Crippen molar-refractivity contribution in [3.05, 3.63) is 39.9 Å². The molecule has 0 saturated carbocycles. The zero-order valence-corrected chi connectivity index (χ0v) is 15.1. The number of carboxylic acid groups (broad SMARTS) is 1. The van der Waals surface area contributed by atoms with Crippen molar-refractivity contribution in [1.29, 1.82) is 0 Å². The van der Waals surface area contributed by atoms with Gasteiger partial charge >= 0.3 is 5.97 Å². The summed E-state index contributed by atoms with van der Waals surface area (Å²) in [6.07, 6.45) is 0.435. The Morgan fingerprint density at radius 1 is 1.46 bits per heavy atom. The Bertz CT molecular complexity index is 768. The summed E-state index contributed by atoms with van der Waals surface area (Å²) >= 11 is 0. The lowest BCUT2D eigenvalue weighted by atomic mass is 10.1. The summed E-state index contributed by atoms with van der Waals surface area (Å²) in [7, 11) is -3.69. The summed E-state index contributed by atoms with van der Waals surface area (Å²) in [6, 6.07) is 6.43. The number of hydrogen-bond acceptors (Lipinski definition) is 7. The number of nitro groups is 1. The number of aliphatic carboxylic acids is 1. The lowest BCUT2D eigenvalue weighted by Crippen LogP contribution is -2.49. The molecule has 0 bridgehead atoms. The predicted octanol–water partition coefficient (Wildman–Crippen LogP) is 0.142. The molecule has 1 heterocycles. The number of nitrogens with zero attached hydrogens (tertiary/aromatic N) is 3. The van der Waals surface area contributed by atoms with Crippen LogP contribution in [0.2, 0.25) is 0 Å². The maximum Gasteiger partial charge on any atom is 0.318 e. The number of hydrogen-bond donors (Lipinski definition) is 1. The molecule has 11 heteroatoms. The van der Waals surface area contributed by atoms with Crippen LogP contribution in [0.1, 0.15) is 5.56 Å². The molecule has 10 nitrogen and oxygen atoms in total. The Labute approximate surface area is 151 Å². The second-order valence-electron chi connectivity index (χ2n) is 6.06. The highest BCUT2D eigenvalue weighted by molar-refractivity contribution is 7.88. The molecule has 1 N–H and O–H groups in total. The average Bonchev–Trinajstić information content (AvgIpc) is 2.53. The second-order valence-corrected chi connectivity index (χ2v) is 8.05. The molecule has 1 aliphatic rings. The summed E-state index contributed by atoms with van der Waals surface area (Å²) < 4.78 is 29.9. The van der Waals surface area contributed by atoms with Crippen molar-refractivity contribution in [2.24, 2.45) is 0 Å². The predicted molar refractivity (Wildman–Crippen MR) is 92.2 cm³/mol. The molecule has 1 atom stereocenters. The van der Waals surface area contributed by atoms with E-state index in [0.29, 0.717) is 31.8 Å². The molecule has 0 amide bonds. The largest absolute Gasteiger partial charge is 0.480 e. The zero-order valence-electron chi connectivity index (χ0n) is 14.3. The Morgan fingerprint density at radius 3 is 2.77 bits per heavy atom.